The van der Waals surface area contributed by atoms with E-state index in [9.17, 15) is 0 Å². The van der Waals surface area contributed by atoms with Crippen LogP contribution in [-0.4, -0.2) is 15.7 Å². The first kappa shape index (κ1) is 17.9. The summed E-state index contributed by atoms with van der Waals surface area (Å²) in [6.45, 7) is 7.95. The molecule has 0 aliphatic carbocycles. The lowest BCUT2D eigenvalue weighted by molar-refractivity contribution is 1.24. The van der Waals surface area contributed by atoms with Crippen molar-refractivity contribution in [2.45, 2.75) is 20.3 Å². The molecule has 0 atom stereocenters. The average Bonchev–Trinajstić information content (AvgIpc) is 2.62. The van der Waals surface area contributed by atoms with Crippen LogP contribution in [0.4, 0.5) is 0 Å². The predicted octanol–water partition coefficient (Wildman–Crippen LogP) is 5.36. The molecule has 0 bridgehead atoms. The van der Waals surface area contributed by atoms with Crippen LogP contribution in [-0.2, 0) is 0 Å². The molecule has 2 heterocycles. The highest BCUT2D eigenvalue weighted by Gasteiger charge is 1.99. The SMILES string of the molecule is C=C(S)C(=C\N=C(C)CC)/C=C/c1ccc(-c2ccccn2)nc1. The molecule has 0 unspecified atom stereocenters. The number of thiol groups is 1. The summed E-state index contributed by atoms with van der Waals surface area (Å²) < 4.78 is 0. The molecule has 2 aromatic rings. The number of aliphatic imine (C=N–C) groups is 1. The lowest BCUT2D eigenvalue weighted by Gasteiger charge is -2.01. The summed E-state index contributed by atoms with van der Waals surface area (Å²) in [6, 6.07) is 9.75. The first-order valence-electron chi connectivity index (χ1n) is 7.77. The van der Waals surface area contributed by atoms with Crippen molar-refractivity contribution in [2.24, 2.45) is 4.99 Å². The van der Waals surface area contributed by atoms with Crippen LogP contribution in [0.3, 0.4) is 0 Å². The Morgan fingerprint density at radius 2 is 2.00 bits per heavy atom. The highest BCUT2D eigenvalue weighted by molar-refractivity contribution is 7.84. The maximum Gasteiger partial charge on any atom is 0.0886 e. The van der Waals surface area contributed by atoms with Gasteiger partial charge in [0.05, 0.1) is 11.4 Å². The summed E-state index contributed by atoms with van der Waals surface area (Å²) in [5, 5.41) is 0. The maximum atomic E-state index is 4.46. The number of nitrogens with zero attached hydrogens (tertiary/aromatic N) is 3. The molecule has 0 aliphatic heterocycles. The molecule has 0 aromatic carbocycles. The van der Waals surface area contributed by atoms with Crippen LogP contribution in [0.15, 0.2) is 77.1 Å². The summed E-state index contributed by atoms with van der Waals surface area (Å²) in [5.74, 6) is 0. The van der Waals surface area contributed by atoms with Gasteiger partial charge in [-0.2, -0.15) is 0 Å². The van der Waals surface area contributed by atoms with Crippen molar-refractivity contribution < 1.29 is 0 Å². The Balaban J connectivity index is 2.17. The second-order valence-corrected chi connectivity index (χ2v) is 5.81. The fourth-order valence-electron chi connectivity index (χ4n) is 1.84. The molecule has 4 heteroatoms. The van der Waals surface area contributed by atoms with Gasteiger partial charge in [-0.25, -0.2) is 0 Å². The van der Waals surface area contributed by atoms with Crippen molar-refractivity contribution in [2.75, 3.05) is 0 Å². The number of hydrogen-bond donors (Lipinski definition) is 1. The lowest BCUT2D eigenvalue weighted by atomic mass is 10.1. The van der Waals surface area contributed by atoms with Crippen LogP contribution in [0.1, 0.15) is 25.8 Å². The summed E-state index contributed by atoms with van der Waals surface area (Å²) in [4.78, 5) is 13.8. The van der Waals surface area contributed by atoms with Gasteiger partial charge in [0.25, 0.3) is 0 Å². The zero-order chi connectivity index (χ0) is 17.4. The Morgan fingerprint density at radius 1 is 1.21 bits per heavy atom. The number of hydrogen-bond acceptors (Lipinski definition) is 4. The van der Waals surface area contributed by atoms with Crippen molar-refractivity contribution in [3.8, 4) is 11.4 Å². The van der Waals surface area contributed by atoms with Crippen molar-refractivity contribution >= 4 is 24.4 Å². The van der Waals surface area contributed by atoms with E-state index in [-0.39, 0.29) is 0 Å². The summed E-state index contributed by atoms with van der Waals surface area (Å²) >= 11 is 4.33. The fraction of sp³-hybridized carbons (Fsp3) is 0.150. The molecule has 0 amide bonds. The monoisotopic (exact) mass is 335 g/mol. The van der Waals surface area contributed by atoms with E-state index in [0.29, 0.717) is 4.91 Å². The molecule has 2 rings (SSSR count). The van der Waals surface area contributed by atoms with E-state index in [1.165, 1.54) is 0 Å². The summed E-state index contributed by atoms with van der Waals surface area (Å²) in [7, 11) is 0. The zero-order valence-electron chi connectivity index (χ0n) is 14.0. The second kappa shape index (κ2) is 8.99. The second-order valence-electron chi connectivity index (χ2n) is 5.27. The molecule has 24 heavy (non-hydrogen) atoms. The molecule has 0 aliphatic rings. The van der Waals surface area contributed by atoms with Crippen LogP contribution in [0, 0.1) is 0 Å². The molecule has 0 saturated heterocycles. The van der Waals surface area contributed by atoms with E-state index in [0.717, 1.165) is 34.7 Å². The van der Waals surface area contributed by atoms with Crippen LogP contribution >= 0.6 is 12.6 Å². The van der Waals surface area contributed by atoms with E-state index >= 15 is 0 Å². The molecule has 2 aromatic heterocycles. The predicted molar refractivity (Wildman–Crippen MR) is 106 cm³/mol. The van der Waals surface area contributed by atoms with Gasteiger partial charge in [-0.3, -0.25) is 15.0 Å². The zero-order valence-corrected chi connectivity index (χ0v) is 14.9. The van der Waals surface area contributed by atoms with Crippen molar-refractivity contribution in [1.82, 2.24) is 9.97 Å². The number of pyridine rings is 2. The van der Waals surface area contributed by atoms with Crippen LogP contribution in [0.25, 0.3) is 17.5 Å². The summed E-state index contributed by atoms with van der Waals surface area (Å²) in [5.41, 5.74) is 4.65. The highest BCUT2D eigenvalue weighted by atomic mass is 32.1. The number of aromatic nitrogens is 2. The van der Waals surface area contributed by atoms with E-state index in [4.69, 9.17) is 0 Å². The van der Waals surface area contributed by atoms with E-state index < -0.39 is 0 Å². The molecule has 0 fully saturated rings. The lowest BCUT2D eigenvalue weighted by Crippen LogP contribution is -1.87. The molecule has 0 radical (unpaired) electrons. The third kappa shape index (κ3) is 5.32. The first-order chi connectivity index (χ1) is 11.6. The molecule has 0 spiro atoms. The standard InChI is InChI=1S/C20H21N3S/c1-4-15(2)22-14-18(16(3)24)10-8-17-9-11-20(23-13-17)19-7-5-6-12-21-19/h5-14,24H,3-4H2,1-2H3/b10-8+,18-14-,22-15?. The topological polar surface area (TPSA) is 38.1 Å². The van der Waals surface area contributed by atoms with Gasteiger partial charge in [0.1, 0.15) is 0 Å². The van der Waals surface area contributed by atoms with Gasteiger partial charge in [0.15, 0.2) is 0 Å². The smallest absolute Gasteiger partial charge is 0.0886 e. The van der Waals surface area contributed by atoms with Crippen LogP contribution in [0.5, 0.6) is 0 Å². The molecule has 0 N–H and O–H groups in total. The van der Waals surface area contributed by atoms with Crippen molar-refractivity contribution in [3.63, 3.8) is 0 Å². The minimum absolute atomic E-state index is 0.678. The third-order valence-electron chi connectivity index (χ3n) is 3.44. The Bertz CT molecular complexity index is 772. The number of allylic oxidation sites excluding steroid dienone is 2. The van der Waals surface area contributed by atoms with E-state index in [1.54, 1.807) is 12.4 Å². The molecule has 0 saturated carbocycles. The molecular weight excluding hydrogens is 314 g/mol. The van der Waals surface area contributed by atoms with Gasteiger partial charge in [-0.1, -0.05) is 37.8 Å². The van der Waals surface area contributed by atoms with E-state index in [1.807, 2.05) is 55.6 Å². The van der Waals surface area contributed by atoms with Gasteiger partial charge in [0.2, 0.25) is 0 Å². The van der Waals surface area contributed by atoms with Crippen LogP contribution < -0.4 is 0 Å². The van der Waals surface area contributed by atoms with Gasteiger partial charge >= 0.3 is 0 Å². The van der Waals surface area contributed by atoms with Gasteiger partial charge in [-0.15, -0.1) is 12.6 Å². The van der Waals surface area contributed by atoms with Crippen molar-refractivity contribution in [3.05, 3.63) is 77.6 Å². The quantitative estimate of drug-likeness (QED) is 0.439. The van der Waals surface area contributed by atoms with E-state index in [2.05, 4.69) is 41.1 Å². The fourth-order valence-corrected chi connectivity index (χ4v) is 1.97. The Labute approximate surface area is 149 Å². The number of rotatable bonds is 6. The average molecular weight is 335 g/mol. The van der Waals surface area contributed by atoms with Gasteiger partial charge in [-0.05, 0) is 37.1 Å². The Kier molecular flexibility index (Phi) is 6.70. The van der Waals surface area contributed by atoms with Crippen molar-refractivity contribution in [1.29, 1.82) is 0 Å². The Hall–Kier alpha value is -2.46. The largest absolute Gasteiger partial charge is 0.265 e. The normalized spacial score (nSPS) is 12.6. The molecule has 3 nitrogen and oxygen atoms in total. The third-order valence-corrected chi connectivity index (χ3v) is 3.70. The molecule has 122 valence electrons. The molecular formula is C20H21N3S. The Morgan fingerprint density at radius 3 is 2.58 bits per heavy atom. The first-order valence-corrected chi connectivity index (χ1v) is 8.22. The minimum Gasteiger partial charge on any atom is -0.265 e. The van der Waals surface area contributed by atoms with Crippen LogP contribution in [0.2, 0.25) is 0 Å². The highest BCUT2D eigenvalue weighted by Crippen LogP contribution is 2.17. The van der Waals surface area contributed by atoms with Gasteiger partial charge < -0.3 is 0 Å². The van der Waals surface area contributed by atoms with Gasteiger partial charge in [0, 0.05) is 34.8 Å². The summed E-state index contributed by atoms with van der Waals surface area (Å²) in [6.07, 6.45) is 10.2. The maximum absolute atomic E-state index is 4.46. The minimum atomic E-state index is 0.678.